The van der Waals surface area contributed by atoms with Gasteiger partial charge in [0, 0.05) is 25.8 Å². The topological polar surface area (TPSA) is 124 Å². The SMILES string of the molecule is C=CC(=O)OCCCOc1ccc(C(=O)Oc2ccc(OC(=O)c3ccc(OCCCOC(C)=O)cc3)cc2C)cc1. The monoisotopic (exact) mass is 576 g/mol. The fraction of sp³-hybridized carbons (Fsp3) is 0.250. The van der Waals surface area contributed by atoms with Crippen LogP contribution >= 0.6 is 0 Å². The second-order valence-corrected chi connectivity index (χ2v) is 8.87. The van der Waals surface area contributed by atoms with Crippen LogP contribution in [0.25, 0.3) is 0 Å². The molecule has 0 aliphatic heterocycles. The third-order valence-corrected chi connectivity index (χ3v) is 5.57. The Morgan fingerprint density at radius 2 is 1.17 bits per heavy atom. The predicted octanol–water partition coefficient (Wildman–Crippen LogP) is 5.26. The molecule has 0 aliphatic carbocycles. The molecule has 3 aromatic carbocycles. The normalized spacial score (nSPS) is 10.2. The van der Waals surface area contributed by atoms with Crippen LogP contribution in [-0.4, -0.2) is 50.3 Å². The first-order valence-corrected chi connectivity index (χ1v) is 13.2. The smallest absolute Gasteiger partial charge is 0.343 e. The molecule has 0 heterocycles. The summed E-state index contributed by atoms with van der Waals surface area (Å²) < 4.78 is 31.9. The minimum Gasteiger partial charge on any atom is -0.493 e. The fourth-order valence-electron chi connectivity index (χ4n) is 3.44. The van der Waals surface area contributed by atoms with Crippen LogP contribution in [0.15, 0.2) is 79.4 Å². The zero-order chi connectivity index (χ0) is 30.3. The number of carbonyl (C=O) groups excluding carboxylic acids is 4. The van der Waals surface area contributed by atoms with Crippen LogP contribution in [-0.2, 0) is 19.1 Å². The maximum absolute atomic E-state index is 12.6. The highest BCUT2D eigenvalue weighted by molar-refractivity contribution is 5.92. The van der Waals surface area contributed by atoms with E-state index in [1.54, 1.807) is 67.6 Å². The molecule has 0 aromatic heterocycles. The third-order valence-electron chi connectivity index (χ3n) is 5.57. The molecule has 0 fully saturated rings. The highest BCUT2D eigenvalue weighted by Gasteiger charge is 2.14. The van der Waals surface area contributed by atoms with Crippen molar-refractivity contribution >= 4 is 23.9 Å². The van der Waals surface area contributed by atoms with E-state index in [9.17, 15) is 19.2 Å². The molecule has 0 N–H and O–H groups in total. The summed E-state index contributed by atoms with van der Waals surface area (Å²) in [5.41, 5.74) is 1.26. The average molecular weight is 577 g/mol. The summed E-state index contributed by atoms with van der Waals surface area (Å²) >= 11 is 0. The summed E-state index contributed by atoms with van der Waals surface area (Å²) in [6.07, 6.45) is 2.16. The first-order chi connectivity index (χ1) is 20.2. The molecular formula is C32H32O10. The molecule has 42 heavy (non-hydrogen) atoms. The van der Waals surface area contributed by atoms with Gasteiger partial charge in [-0.15, -0.1) is 0 Å². The number of hydrogen-bond donors (Lipinski definition) is 0. The Morgan fingerprint density at radius 1 is 0.667 bits per heavy atom. The van der Waals surface area contributed by atoms with Crippen molar-refractivity contribution in [3.05, 3.63) is 96.1 Å². The standard InChI is InChI=1S/C32H32O10/c1-4-30(34)40-20-6-19-39-27-13-9-25(10-14-27)32(36)42-29-16-15-28(21-22(29)2)41-31(35)24-7-11-26(12-8-24)38-18-5-17-37-23(3)33/h4,7-16,21H,1,5-6,17-20H2,2-3H3. The minimum absolute atomic E-state index is 0.220. The third kappa shape index (κ3) is 10.5. The van der Waals surface area contributed by atoms with Gasteiger partial charge in [0.2, 0.25) is 0 Å². The minimum atomic E-state index is -0.556. The van der Waals surface area contributed by atoms with Gasteiger partial charge in [0.25, 0.3) is 0 Å². The number of aryl methyl sites for hydroxylation is 1. The summed E-state index contributed by atoms with van der Waals surface area (Å²) in [6.45, 7) is 7.61. The van der Waals surface area contributed by atoms with Crippen LogP contribution < -0.4 is 18.9 Å². The van der Waals surface area contributed by atoms with Crippen LogP contribution in [0, 0.1) is 6.92 Å². The van der Waals surface area contributed by atoms with E-state index >= 15 is 0 Å². The quantitative estimate of drug-likeness (QED) is 0.102. The van der Waals surface area contributed by atoms with E-state index in [0.29, 0.717) is 65.7 Å². The lowest BCUT2D eigenvalue weighted by Crippen LogP contribution is -2.11. The summed E-state index contributed by atoms with van der Waals surface area (Å²) in [4.78, 5) is 47.0. The van der Waals surface area contributed by atoms with Crippen molar-refractivity contribution < 1.29 is 47.6 Å². The summed E-state index contributed by atoms with van der Waals surface area (Å²) in [5, 5.41) is 0. The second-order valence-electron chi connectivity index (χ2n) is 8.87. The Labute approximate surface area is 243 Å². The first kappa shape index (κ1) is 31.4. The van der Waals surface area contributed by atoms with Crippen molar-refractivity contribution in [2.24, 2.45) is 0 Å². The molecule has 3 aromatic rings. The number of esters is 4. The lowest BCUT2D eigenvalue weighted by molar-refractivity contribution is -0.141. The molecule has 0 amide bonds. The second kappa shape index (κ2) is 16.2. The summed E-state index contributed by atoms with van der Waals surface area (Å²) in [7, 11) is 0. The van der Waals surface area contributed by atoms with E-state index in [1.165, 1.54) is 13.0 Å². The van der Waals surface area contributed by atoms with E-state index in [4.69, 9.17) is 28.4 Å². The highest BCUT2D eigenvalue weighted by atomic mass is 16.5. The van der Waals surface area contributed by atoms with E-state index in [-0.39, 0.29) is 19.2 Å². The van der Waals surface area contributed by atoms with Crippen molar-refractivity contribution in [1.29, 1.82) is 0 Å². The lowest BCUT2D eigenvalue weighted by Gasteiger charge is -2.11. The number of ether oxygens (including phenoxy) is 6. The van der Waals surface area contributed by atoms with Crippen LogP contribution in [0.4, 0.5) is 0 Å². The van der Waals surface area contributed by atoms with Gasteiger partial charge >= 0.3 is 23.9 Å². The van der Waals surface area contributed by atoms with E-state index < -0.39 is 17.9 Å². The van der Waals surface area contributed by atoms with Gasteiger partial charge in [-0.25, -0.2) is 14.4 Å². The molecule has 0 radical (unpaired) electrons. The van der Waals surface area contributed by atoms with Crippen LogP contribution in [0.3, 0.4) is 0 Å². The molecule has 3 rings (SSSR count). The van der Waals surface area contributed by atoms with E-state index in [1.807, 2.05) is 0 Å². The highest BCUT2D eigenvalue weighted by Crippen LogP contribution is 2.25. The van der Waals surface area contributed by atoms with Gasteiger partial charge < -0.3 is 28.4 Å². The fourth-order valence-corrected chi connectivity index (χ4v) is 3.44. The van der Waals surface area contributed by atoms with Gasteiger partial charge in [0.1, 0.15) is 23.0 Å². The summed E-state index contributed by atoms with van der Waals surface area (Å²) in [5.74, 6) is -0.182. The van der Waals surface area contributed by atoms with Crippen molar-refractivity contribution in [3.8, 4) is 23.0 Å². The van der Waals surface area contributed by atoms with Crippen molar-refractivity contribution in [3.63, 3.8) is 0 Å². The molecule has 10 nitrogen and oxygen atoms in total. The Morgan fingerprint density at radius 3 is 1.67 bits per heavy atom. The molecular weight excluding hydrogens is 544 g/mol. The molecule has 0 saturated carbocycles. The zero-order valence-electron chi connectivity index (χ0n) is 23.5. The molecule has 0 aliphatic rings. The van der Waals surface area contributed by atoms with Crippen molar-refractivity contribution in [1.82, 2.24) is 0 Å². The summed E-state index contributed by atoms with van der Waals surface area (Å²) in [6, 6.07) is 17.6. The van der Waals surface area contributed by atoms with E-state index in [0.717, 1.165) is 6.08 Å². The number of benzene rings is 3. The molecule has 0 saturated heterocycles. The van der Waals surface area contributed by atoms with Crippen LogP contribution in [0.5, 0.6) is 23.0 Å². The molecule has 0 atom stereocenters. The van der Waals surface area contributed by atoms with Crippen molar-refractivity contribution in [2.45, 2.75) is 26.7 Å². The number of hydrogen-bond acceptors (Lipinski definition) is 10. The van der Waals surface area contributed by atoms with E-state index in [2.05, 4.69) is 6.58 Å². The van der Waals surface area contributed by atoms with Gasteiger partial charge in [-0.2, -0.15) is 0 Å². The Bertz CT molecular complexity index is 1380. The molecule has 0 spiro atoms. The van der Waals surface area contributed by atoms with Crippen LogP contribution in [0.2, 0.25) is 0 Å². The lowest BCUT2D eigenvalue weighted by atomic mass is 10.2. The molecule has 10 heteroatoms. The largest absolute Gasteiger partial charge is 0.493 e. The predicted molar refractivity (Wildman–Crippen MR) is 152 cm³/mol. The Balaban J connectivity index is 1.46. The zero-order valence-corrected chi connectivity index (χ0v) is 23.5. The molecule has 0 bridgehead atoms. The number of rotatable bonds is 15. The maximum atomic E-state index is 12.6. The Hall–Kier alpha value is -5.12. The van der Waals surface area contributed by atoms with Gasteiger partial charge in [0.15, 0.2) is 0 Å². The van der Waals surface area contributed by atoms with Gasteiger partial charge in [0.05, 0.1) is 37.6 Å². The van der Waals surface area contributed by atoms with Gasteiger partial charge in [-0.3, -0.25) is 4.79 Å². The average Bonchev–Trinajstić information content (AvgIpc) is 2.98. The molecule has 220 valence electrons. The first-order valence-electron chi connectivity index (χ1n) is 13.2. The molecule has 0 unspecified atom stereocenters. The van der Waals surface area contributed by atoms with Gasteiger partial charge in [-0.1, -0.05) is 6.58 Å². The number of carbonyl (C=O) groups is 4. The van der Waals surface area contributed by atoms with Crippen molar-refractivity contribution in [2.75, 3.05) is 26.4 Å². The van der Waals surface area contributed by atoms with Crippen LogP contribution in [0.1, 0.15) is 46.0 Å². The maximum Gasteiger partial charge on any atom is 0.343 e. The Kier molecular flexibility index (Phi) is 12.1. The van der Waals surface area contributed by atoms with Gasteiger partial charge in [-0.05, 0) is 79.2 Å².